The molecule has 0 atom stereocenters. The van der Waals surface area contributed by atoms with E-state index in [1.165, 1.54) is 5.69 Å². The highest BCUT2D eigenvalue weighted by Gasteiger charge is 2.53. The molecular weight excluding hydrogens is 368 g/mol. The van der Waals surface area contributed by atoms with E-state index in [0.29, 0.717) is 6.47 Å². The Hall–Kier alpha value is -2.08. The lowest BCUT2D eigenvalue weighted by molar-refractivity contribution is -0.158. The van der Waals surface area contributed by atoms with Gasteiger partial charge in [0.15, 0.2) is 0 Å². The minimum atomic E-state index is -0.423. The second kappa shape index (κ2) is 9.16. The Morgan fingerprint density at radius 2 is 1.55 bits per heavy atom. The Kier molecular flexibility index (Phi) is 7.33. The summed E-state index contributed by atoms with van der Waals surface area (Å²) >= 11 is 0. The Labute approximate surface area is 174 Å². The molecule has 0 aromatic heterocycles. The summed E-state index contributed by atoms with van der Waals surface area (Å²) in [5, 5.41) is 3.36. The maximum absolute atomic E-state index is 12.5. The van der Waals surface area contributed by atoms with E-state index >= 15 is 0 Å². The van der Waals surface area contributed by atoms with Crippen LogP contribution in [-0.2, 0) is 24.5 Å². The van der Waals surface area contributed by atoms with Crippen LogP contribution in [0, 0.1) is 0 Å². The third-order valence-electron chi connectivity index (χ3n) is 4.84. The van der Waals surface area contributed by atoms with Crippen molar-refractivity contribution in [1.82, 2.24) is 5.32 Å². The molecule has 1 aliphatic heterocycles. The van der Waals surface area contributed by atoms with E-state index in [9.17, 15) is 9.59 Å². The standard InChI is InChI=1S/C18H26N2O2.C5H10O2/c1-17(2,3)22-16(21)18(8-9-18)14-4-6-15(7-5-14)20-12-10-19-11-13-20;1-5(2,3)7-4-6/h4-7,19H,8-13H2,1-3H3;4H,1-3H3. The largest absolute Gasteiger partial charge is 0.462 e. The normalized spacial score (nSPS) is 18.2. The summed E-state index contributed by atoms with van der Waals surface area (Å²) in [5.41, 5.74) is 1.20. The molecule has 162 valence electrons. The first-order chi connectivity index (χ1) is 13.5. The summed E-state index contributed by atoms with van der Waals surface area (Å²) in [5.74, 6) is -0.0741. The van der Waals surface area contributed by atoms with E-state index in [1.54, 1.807) is 0 Å². The number of piperazine rings is 1. The van der Waals surface area contributed by atoms with Crippen LogP contribution >= 0.6 is 0 Å². The van der Waals surface area contributed by atoms with Crippen molar-refractivity contribution in [2.45, 2.75) is 71.0 Å². The Bertz CT molecular complexity index is 676. The molecule has 3 rings (SSSR count). The molecule has 2 fully saturated rings. The molecule has 6 nitrogen and oxygen atoms in total. The second-order valence-corrected chi connectivity index (χ2v) is 9.69. The van der Waals surface area contributed by atoms with Gasteiger partial charge in [0.1, 0.15) is 11.2 Å². The van der Waals surface area contributed by atoms with E-state index in [2.05, 4.69) is 39.2 Å². The van der Waals surface area contributed by atoms with E-state index in [-0.39, 0.29) is 11.6 Å². The zero-order valence-corrected chi connectivity index (χ0v) is 18.7. The summed E-state index contributed by atoms with van der Waals surface area (Å²) in [6, 6.07) is 8.50. The van der Waals surface area contributed by atoms with Crippen molar-refractivity contribution >= 4 is 18.1 Å². The van der Waals surface area contributed by atoms with Gasteiger partial charge in [-0.05, 0) is 72.1 Å². The fourth-order valence-corrected chi connectivity index (χ4v) is 3.17. The van der Waals surface area contributed by atoms with Crippen LogP contribution in [0.1, 0.15) is 59.9 Å². The van der Waals surface area contributed by atoms with E-state index in [4.69, 9.17) is 4.74 Å². The molecular formula is C23H36N2O4. The Morgan fingerprint density at radius 1 is 1.00 bits per heavy atom. The number of hydrogen-bond acceptors (Lipinski definition) is 6. The zero-order chi connectivity index (χ0) is 21.7. The zero-order valence-electron chi connectivity index (χ0n) is 18.7. The van der Waals surface area contributed by atoms with Crippen molar-refractivity contribution in [3.8, 4) is 0 Å². The molecule has 1 saturated carbocycles. The van der Waals surface area contributed by atoms with E-state index in [0.717, 1.165) is 44.6 Å². The number of benzene rings is 1. The van der Waals surface area contributed by atoms with Gasteiger partial charge < -0.3 is 19.7 Å². The first-order valence-corrected chi connectivity index (χ1v) is 10.4. The van der Waals surface area contributed by atoms with Gasteiger partial charge in [-0.25, -0.2) is 0 Å². The molecule has 0 amide bonds. The number of esters is 1. The third kappa shape index (κ3) is 7.03. The average molecular weight is 405 g/mol. The summed E-state index contributed by atoms with van der Waals surface area (Å²) < 4.78 is 10.2. The van der Waals surface area contributed by atoms with Crippen LogP contribution in [0.2, 0.25) is 0 Å². The van der Waals surface area contributed by atoms with Gasteiger partial charge >= 0.3 is 5.97 Å². The molecule has 0 unspecified atom stereocenters. The van der Waals surface area contributed by atoms with Crippen molar-refractivity contribution in [3.05, 3.63) is 29.8 Å². The fourth-order valence-electron chi connectivity index (χ4n) is 3.17. The number of hydrogen-bond donors (Lipinski definition) is 1. The predicted molar refractivity (Wildman–Crippen MR) is 115 cm³/mol. The van der Waals surface area contributed by atoms with E-state index in [1.807, 2.05) is 41.5 Å². The molecule has 1 N–H and O–H groups in total. The van der Waals surface area contributed by atoms with Crippen LogP contribution in [0.15, 0.2) is 24.3 Å². The molecule has 0 bridgehead atoms. The molecule has 29 heavy (non-hydrogen) atoms. The fraction of sp³-hybridized carbons (Fsp3) is 0.652. The van der Waals surface area contributed by atoms with Crippen molar-refractivity contribution < 1.29 is 19.1 Å². The molecule has 1 heterocycles. The van der Waals surface area contributed by atoms with Crippen molar-refractivity contribution in [2.24, 2.45) is 0 Å². The highest BCUT2D eigenvalue weighted by molar-refractivity contribution is 5.87. The molecule has 6 heteroatoms. The van der Waals surface area contributed by atoms with Gasteiger partial charge in [-0.1, -0.05) is 12.1 Å². The molecule has 2 aliphatic rings. The number of carbonyl (C=O) groups excluding carboxylic acids is 2. The highest BCUT2D eigenvalue weighted by Crippen LogP contribution is 2.50. The van der Waals surface area contributed by atoms with Crippen LogP contribution in [0.4, 0.5) is 5.69 Å². The minimum Gasteiger partial charge on any atom is -0.462 e. The number of ether oxygens (including phenoxy) is 2. The Balaban J connectivity index is 0.000000370. The molecule has 0 spiro atoms. The minimum absolute atomic E-state index is 0.0741. The number of rotatable bonds is 4. The summed E-state index contributed by atoms with van der Waals surface area (Å²) in [6.45, 7) is 15.8. The topological polar surface area (TPSA) is 67.9 Å². The maximum atomic E-state index is 12.5. The van der Waals surface area contributed by atoms with Gasteiger partial charge in [-0.2, -0.15) is 0 Å². The summed E-state index contributed by atoms with van der Waals surface area (Å²) in [6.07, 6.45) is 1.80. The summed E-state index contributed by atoms with van der Waals surface area (Å²) in [4.78, 5) is 24.5. The number of nitrogens with one attached hydrogen (secondary N) is 1. The van der Waals surface area contributed by atoms with Gasteiger partial charge in [0.2, 0.25) is 0 Å². The lowest BCUT2D eigenvalue weighted by atomic mass is 9.95. The lowest BCUT2D eigenvalue weighted by Gasteiger charge is -2.30. The second-order valence-electron chi connectivity index (χ2n) is 9.69. The molecule has 0 radical (unpaired) electrons. The quantitative estimate of drug-likeness (QED) is 0.613. The lowest BCUT2D eigenvalue weighted by Crippen LogP contribution is -2.43. The van der Waals surface area contributed by atoms with Crippen LogP contribution in [-0.4, -0.2) is 49.8 Å². The van der Waals surface area contributed by atoms with Gasteiger partial charge in [0.25, 0.3) is 6.47 Å². The maximum Gasteiger partial charge on any atom is 0.317 e. The SMILES string of the molecule is CC(C)(C)OC(=O)C1(c2ccc(N3CCNCC3)cc2)CC1.CC(C)(C)OC=O. The van der Waals surface area contributed by atoms with Gasteiger partial charge in [-0.15, -0.1) is 0 Å². The molecule has 1 aliphatic carbocycles. The van der Waals surface area contributed by atoms with Gasteiger partial charge in [-0.3, -0.25) is 9.59 Å². The average Bonchev–Trinajstić information content (AvgIpc) is 3.43. The monoisotopic (exact) mass is 404 g/mol. The van der Waals surface area contributed by atoms with Crippen molar-refractivity contribution in [3.63, 3.8) is 0 Å². The Morgan fingerprint density at radius 3 is 1.93 bits per heavy atom. The van der Waals surface area contributed by atoms with E-state index < -0.39 is 11.0 Å². The van der Waals surface area contributed by atoms with Crippen LogP contribution < -0.4 is 10.2 Å². The highest BCUT2D eigenvalue weighted by atomic mass is 16.6. The number of anilines is 1. The summed E-state index contributed by atoms with van der Waals surface area (Å²) in [7, 11) is 0. The molecule has 1 saturated heterocycles. The number of carbonyl (C=O) groups is 2. The van der Waals surface area contributed by atoms with Crippen LogP contribution in [0.3, 0.4) is 0 Å². The van der Waals surface area contributed by atoms with Gasteiger partial charge in [0, 0.05) is 31.9 Å². The molecule has 1 aromatic carbocycles. The van der Waals surface area contributed by atoms with Crippen molar-refractivity contribution in [1.29, 1.82) is 0 Å². The van der Waals surface area contributed by atoms with Crippen molar-refractivity contribution in [2.75, 3.05) is 31.1 Å². The smallest absolute Gasteiger partial charge is 0.317 e. The van der Waals surface area contributed by atoms with Crippen LogP contribution in [0.5, 0.6) is 0 Å². The first kappa shape index (κ1) is 23.2. The van der Waals surface area contributed by atoms with Gasteiger partial charge in [0.05, 0.1) is 5.41 Å². The first-order valence-electron chi connectivity index (χ1n) is 10.4. The third-order valence-corrected chi connectivity index (χ3v) is 4.84. The number of nitrogens with zero attached hydrogens (tertiary/aromatic N) is 1. The molecule has 1 aromatic rings. The van der Waals surface area contributed by atoms with Crippen LogP contribution in [0.25, 0.3) is 0 Å². The predicted octanol–water partition coefficient (Wildman–Crippen LogP) is 3.43.